The lowest BCUT2D eigenvalue weighted by Crippen LogP contribution is -2.04. The summed E-state index contributed by atoms with van der Waals surface area (Å²) in [4.78, 5) is 4.24. The van der Waals surface area contributed by atoms with Crippen LogP contribution in [0.3, 0.4) is 0 Å². The monoisotopic (exact) mass is 242 g/mol. The van der Waals surface area contributed by atoms with E-state index in [0.717, 1.165) is 29.7 Å². The van der Waals surface area contributed by atoms with Gasteiger partial charge in [0.15, 0.2) is 5.82 Å². The lowest BCUT2D eigenvalue weighted by molar-refractivity contribution is 1.07. The molecule has 15 heavy (non-hydrogen) atoms. The normalized spacial score (nSPS) is 10.5. The van der Waals surface area contributed by atoms with E-state index in [-0.39, 0.29) is 0 Å². The van der Waals surface area contributed by atoms with Crippen molar-refractivity contribution in [2.24, 2.45) is 0 Å². The third-order valence-corrected chi connectivity index (χ3v) is 2.77. The molecular formula is C7H10N6S2. The Bertz CT molecular complexity index is 397. The summed E-state index contributed by atoms with van der Waals surface area (Å²) in [5.41, 5.74) is 0.727. The number of rotatable bonds is 5. The predicted octanol–water partition coefficient (Wildman–Crippen LogP) is 1.10. The second-order valence-electron chi connectivity index (χ2n) is 2.72. The Kier molecular flexibility index (Phi) is 3.51. The maximum atomic E-state index is 4.24. The molecule has 0 amide bonds. The van der Waals surface area contributed by atoms with Gasteiger partial charge in [-0.05, 0) is 6.26 Å². The Hall–Kier alpha value is -1.15. The smallest absolute Gasteiger partial charge is 0.242 e. The molecular weight excluding hydrogens is 232 g/mol. The van der Waals surface area contributed by atoms with Gasteiger partial charge in [-0.2, -0.15) is 25.5 Å². The molecule has 0 aliphatic heterocycles. The molecule has 0 bridgehead atoms. The van der Waals surface area contributed by atoms with Crippen molar-refractivity contribution < 1.29 is 0 Å². The van der Waals surface area contributed by atoms with Crippen LogP contribution in [0, 0.1) is 0 Å². The Morgan fingerprint density at radius 2 is 2.53 bits per heavy atom. The Labute approximate surface area is 95.2 Å². The topological polar surface area (TPSA) is 79.4 Å². The molecule has 2 aromatic rings. The fraction of sp³-hybridized carbons (Fsp3) is 0.429. The van der Waals surface area contributed by atoms with E-state index in [2.05, 4.69) is 35.5 Å². The quantitative estimate of drug-likeness (QED) is 0.764. The molecule has 8 heteroatoms. The van der Waals surface area contributed by atoms with Crippen LogP contribution >= 0.6 is 23.5 Å². The lowest BCUT2D eigenvalue weighted by atomic mass is 10.5. The van der Waals surface area contributed by atoms with Gasteiger partial charge in [0.05, 0.1) is 17.9 Å². The molecule has 2 heterocycles. The van der Waals surface area contributed by atoms with Gasteiger partial charge in [-0.1, -0.05) is 0 Å². The summed E-state index contributed by atoms with van der Waals surface area (Å²) in [5, 5.41) is 9.94. The zero-order valence-electron chi connectivity index (χ0n) is 8.10. The van der Waals surface area contributed by atoms with Crippen LogP contribution in [0.5, 0.6) is 0 Å². The summed E-state index contributed by atoms with van der Waals surface area (Å²) in [6.45, 7) is 0.855. The van der Waals surface area contributed by atoms with Gasteiger partial charge >= 0.3 is 0 Å². The van der Waals surface area contributed by atoms with E-state index in [1.54, 1.807) is 18.0 Å². The lowest BCUT2D eigenvalue weighted by Gasteiger charge is -1.97. The van der Waals surface area contributed by atoms with Crippen LogP contribution in [0.2, 0.25) is 0 Å². The van der Waals surface area contributed by atoms with Crippen LogP contribution in [-0.4, -0.2) is 42.5 Å². The number of aromatic amines is 1. The number of nitrogens with one attached hydrogen (secondary N) is 2. The van der Waals surface area contributed by atoms with Gasteiger partial charge in [0, 0.05) is 12.3 Å². The number of hydrogen-bond acceptors (Lipinski definition) is 7. The Morgan fingerprint density at radius 1 is 1.60 bits per heavy atom. The standard InChI is InChI=1S/C7H10N6S2/c1-14-3-2-8-7-10-6(11-12-7)5-4-9-15-13-5/h4H,2-3H2,1H3,(H2,8,10,11,12). The Balaban J connectivity index is 1.98. The zero-order valence-corrected chi connectivity index (χ0v) is 9.73. The molecule has 0 spiro atoms. The van der Waals surface area contributed by atoms with Crippen molar-refractivity contribution in [2.45, 2.75) is 0 Å². The van der Waals surface area contributed by atoms with Gasteiger partial charge in [0.2, 0.25) is 5.95 Å². The first-order chi connectivity index (χ1) is 7.40. The third-order valence-electron chi connectivity index (χ3n) is 1.68. The summed E-state index contributed by atoms with van der Waals surface area (Å²) in [7, 11) is 0. The van der Waals surface area contributed by atoms with E-state index in [4.69, 9.17) is 0 Å². The molecule has 2 rings (SSSR count). The van der Waals surface area contributed by atoms with Crippen molar-refractivity contribution in [1.82, 2.24) is 23.9 Å². The van der Waals surface area contributed by atoms with Gasteiger partial charge < -0.3 is 5.32 Å². The summed E-state index contributed by atoms with van der Waals surface area (Å²) in [5.74, 6) is 2.28. The van der Waals surface area contributed by atoms with Gasteiger partial charge in [0.25, 0.3) is 0 Å². The first kappa shape index (κ1) is 10.4. The largest absolute Gasteiger partial charge is 0.352 e. The van der Waals surface area contributed by atoms with Crippen molar-refractivity contribution in [3.63, 3.8) is 0 Å². The first-order valence-electron chi connectivity index (χ1n) is 4.33. The number of aromatic nitrogens is 5. The molecule has 0 aliphatic carbocycles. The zero-order chi connectivity index (χ0) is 10.5. The molecule has 0 unspecified atom stereocenters. The molecule has 0 saturated heterocycles. The highest BCUT2D eigenvalue weighted by Crippen LogP contribution is 2.12. The van der Waals surface area contributed by atoms with Crippen LogP contribution < -0.4 is 5.32 Å². The van der Waals surface area contributed by atoms with Crippen molar-refractivity contribution in [2.75, 3.05) is 23.9 Å². The second kappa shape index (κ2) is 5.08. The number of H-pyrrole nitrogens is 1. The summed E-state index contributed by atoms with van der Waals surface area (Å²) < 4.78 is 7.96. The number of hydrogen-bond donors (Lipinski definition) is 2. The van der Waals surface area contributed by atoms with Gasteiger partial charge in [-0.3, -0.25) is 5.10 Å². The van der Waals surface area contributed by atoms with Gasteiger partial charge in [-0.25, -0.2) is 0 Å². The fourth-order valence-corrected chi connectivity index (χ4v) is 1.71. The minimum Gasteiger partial charge on any atom is -0.352 e. The van der Waals surface area contributed by atoms with Crippen LogP contribution in [-0.2, 0) is 0 Å². The average Bonchev–Trinajstić information content (AvgIpc) is 2.87. The van der Waals surface area contributed by atoms with E-state index in [0.29, 0.717) is 11.8 Å². The molecule has 0 aromatic carbocycles. The highest BCUT2D eigenvalue weighted by molar-refractivity contribution is 7.98. The van der Waals surface area contributed by atoms with Gasteiger partial charge in [0.1, 0.15) is 5.69 Å². The van der Waals surface area contributed by atoms with Gasteiger partial charge in [-0.15, -0.1) is 5.10 Å². The number of anilines is 1. The predicted molar refractivity (Wildman–Crippen MR) is 62.2 cm³/mol. The van der Waals surface area contributed by atoms with E-state index in [9.17, 15) is 0 Å². The molecule has 80 valence electrons. The molecule has 0 saturated carbocycles. The van der Waals surface area contributed by atoms with Crippen LogP contribution in [0.15, 0.2) is 6.20 Å². The SMILES string of the molecule is CSCCNc1n[nH]c(-c2cnsn2)n1. The molecule has 0 fully saturated rings. The summed E-state index contributed by atoms with van der Waals surface area (Å²) in [6, 6.07) is 0. The number of nitrogens with zero attached hydrogens (tertiary/aromatic N) is 4. The van der Waals surface area contributed by atoms with Crippen molar-refractivity contribution >= 4 is 29.4 Å². The molecule has 0 atom stereocenters. The fourth-order valence-electron chi connectivity index (χ4n) is 0.989. The van der Waals surface area contributed by atoms with Crippen LogP contribution in [0.1, 0.15) is 0 Å². The molecule has 0 radical (unpaired) electrons. The molecule has 0 aliphatic rings. The van der Waals surface area contributed by atoms with Crippen molar-refractivity contribution in [3.8, 4) is 11.5 Å². The Morgan fingerprint density at radius 3 is 3.27 bits per heavy atom. The molecule has 2 aromatic heterocycles. The maximum Gasteiger partial charge on any atom is 0.242 e. The van der Waals surface area contributed by atoms with E-state index < -0.39 is 0 Å². The minimum atomic E-state index is 0.604. The van der Waals surface area contributed by atoms with Crippen molar-refractivity contribution in [1.29, 1.82) is 0 Å². The van der Waals surface area contributed by atoms with E-state index in [1.807, 2.05) is 0 Å². The summed E-state index contributed by atoms with van der Waals surface area (Å²) >= 11 is 2.93. The summed E-state index contributed by atoms with van der Waals surface area (Å²) in [6.07, 6.45) is 3.73. The van der Waals surface area contributed by atoms with Crippen LogP contribution in [0.25, 0.3) is 11.5 Å². The highest BCUT2D eigenvalue weighted by atomic mass is 32.2. The third kappa shape index (κ3) is 2.66. The van der Waals surface area contributed by atoms with E-state index in [1.165, 1.54) is 0 Å². The highest BCUT2D eigenvalue weighted by Gasteiger charge is 2.06. The second-order valence-corrected chi connectivity index (χ2v) is 4.26. The van der Waals surface area contributed by atoms with Crippen LogP contribution in [0.4, 0.5) is 5.95 Å². The maximum absolute atomic E-state index is 4.24. The molecule has 2 N–H and O–H groups in total. The molecule has 6 nitrogen and oxygen atoms in total. The average molecular weight is 242 g/mol. The number of thioether (sulfide) groups is 1. The van der Waals surface area contributed by atoms with Crippen molar-refractivity contribution in [3.05, 3.63) is 6.20 Å². The van der Waals surface area contributed by atoms with E-state index >= 15 is 0 Å². The minimum absolute atomic E-state index is 0.604. The first-order valence-corrected chi connectivity index (χ1v) is 6.45.